The molecule has 0 saturated heterocycles. The van der Waals surface area contributed by atoms with E-state index in [0.29, 0.717) is 6.04 Å². The molecule has 0 radical (unpaired) electrons. The predicted octanol–water partition coefficient (Wildman–Crippen LogP) is 3.37. The Balaban J connectivity index is 2.26. The molecule has 0 unspecified atom stereocenters. The predicted molar refractivity (Wildman–Crippen MR) is 80.0 cm³/mol. The van der Waals surface area contributed by atoms with Crippen LogP contribution >= 0.6 is 0 Å². The maximum atomic E-state index is 4.33. The molecule has 2 aromatic rings. The van der Waals surface area contributed by atoms with Crippen LogP contribution in [0.3, 0.4) is 0 Å². The number of anilines is 3. The zero-order valence-electron chi connectivity index (χ0n) is 11.9. The monoisotopic (exact) mass is 256 g/mol. The molecule has 4 nitrogen and oxygen atoms in total. The number of nitrogens with one attached hydrogen (secondary N) is 1. The van der Waals surface area contributed by atoms with Gasteiger partial charge < -0.3 is 10.2 Å². The molecule has 100 valence electrons. The molecule has 1 aromatic heterocycles. The minimum Gasteiger partial charge on any atom is -0.368 e. The van der Waals surface area contributed by atoms with Crippen LogP contribution < -0.4 is 10.2 Å². The average molecular weight is 256 g/mol. The molecule has 0 spiro atoms. The fraction of sp³-hybridized carbons (Fsp3) is 0.333. The first kappa shape index (κ1) is 13.3. The first-order chi connectivity index (χ1) is 9.06. The van der Waals surface area contributed by atoms with Gasteiger partial charge in [0.05, 0.1) is 0 Å². The van der Waals surface area contributed by atoms with E-state index in [1.807, 2.05) is 13.1 Å². The van der Waals surface area contributed by atoms with Crippen LogP contribution in [-0.2, 0) is 0 Å². The van der Waals surface area contributed by atoms with Gasteiger partial charge in [-0.1, -0.05) is 12.1 Å². The molecule has 1 heterocycles. The zero-order valence-corrected chi connectivity index (χ0v) is 11.9. The Hall–Kier alpha value is -2.10. The maximum Gasteiger partial charge on any atom is 0.138 e. The standard InChI is InChI=1S/C15H20N4/c1-11(2)18-14-9-15(17-10-16-14)19(4)13-7-5-6-12(3)8-13/h5-11H,1-4H3,(H,16,17,18). The second-order valence-corrected chi connectivity index (χ2v) is 4.96. The van der Waals surface area contributed by atoms with Gasteiger partial charge in [0.1, 0.15) is 18.0 Å². The Morgan fingerprint density at radius 1 is 1.16 bits per heavy atom. The van der Waals surface area contributed by atoms with E-state index in [1.165, 1.54) is 5.56 Å². The summed E-state index contributed by atoms with van der Waals surface area (Å²) in [5.41, 5.74) is 2.35. The van der Waals surface area contributed by atoms with Crippen LogP contribution in [0.1, 0.15) is 19.4 Å². The van der Waals surface area contributed by atoms with Crippen molar-refractivity contribution in [2.45, 2.75) is 26.8 Å². The van der Waals surface area contributed by atoms with Crippen molar-refractivity contribution in [3.05, 3.63) is 42.2 Å². The molecule has 0 atom stereocenters. The summed E-state index contributed by atoms with van der Waals surface area (Å²) < 4.78 is 0. The lowest BCUT2D eigenvalue weighted by Crippen LogP contribution is -2.14. The summed E-state index contributed by atoms with van der Waals surface area (Å²) in [4.78, 5) is 10.6. The van der Waals surface area contributed by atoms with Crippen LogP contribution in [0.15, 0.2) is 36.7 Å². The van der Waals surface area contributed by atoms with E-state index in [-0.39, 0.29) is 0 Å². The van der Waals surface area contributed by atoms with Gasteiger partial charge in [0, 0.05) is 24.8 Å². The number of nitrogens with zero attached hydrogens (tertiary/aromatic N) is 3. The molecule has 1 N–H and O–H groups in total. The average Bonchev–Trinajstić information content (AvgIpc) is 2.37. The Bertz CT molecular complexity index is 551. The molecule has 0 amide bonds. The van der Waals surface area contributed by atoms with Gasteiger partial charge >= 0.3 is 0 Å². The van der Waals surface area contributed by atoms with Gasteiger partial charge in [0.25, 0.3) is 0 Å². The van der Waals surface area contributed by atoms with Crippen molar-refractivity contribution in [3.63, 3.8) is 0 Å². The molecule has 2 rings (SSSR count). The van der Waals surface area contributed by atoms with Crippen LogP contribution in [0.4, 0.5) is 17.3 Å². The highest BCUT2D eigenvalue weighted by molar-refractivity contribution is 5.62. The summed E-state index contributed by atoms with van der Waals surface area (Å²) in [6, 6.07) is 10.7. The SMILES string of the molecule is Cc1cccc(N(C)c2cc(NC(C)C)ncn2)c1. The third-order valence-corrected chi connectivity index (χ3v) is 2.82. The van der Waals surface area contributed by atoms with Crippen molar-refractivity contribution >= 4 is 17.3 Å². The van der Waals surface area contributed by atoms with Crippen LogP contribution in [0.5, 0.6) is 0 Å². The smallest absolute Gasteiger partial charge is 0.138 e. The lowest BCUT2D eigenvalue weighted by Gasteiger charge is -2.19. The van der Waals surface area contributed by atoms with E-state index in [9.17, 15) is 0 Å². The normalized spacial score (nSPS) is 10.6. The van der Waals surface area contributed by atoms with Gasteiger partial charge in [0.2, 0.25) is 0 Å². The summed E-state index contributed by atoms with van der Waals surface area (Å²) in [6.07, 6.45) is 1.59. The molecular formula is C15H20N4. The number of hydrogen-bond donors (Lipinski definition) is 1. The third kappa shape index (κ3) is 3.44. The molecule has 0 saturated carbocycles. The van der Waals surface area contributed by atoms with Crippen LogP contribution in [0.2, 0.25) is 0 Å². The lowest BCUT2D eigenvalue weighted by atomic mass is 10.2. The zero-order chi connectivity index (χ0) is 13.8. The topological polar surface area (TPSA) is 41.0 Å². The summed E-state index contributed by atoms with van der Waals surface area (Å²) in [6.45, 7) is 6.27. The van der Waals surface area contributed by atoms with Crippen molar-refractivity contribution in [2.75, 3.05) is 17.3 Å². The largest absolute Gasteiger partial charge is 0.368 e. The number of hydrogen-bond acceptors (Lipinski definition) is 4. The number of rotatable bonds is 4. The highest BCUT2D eigenvalue weighted by atomic mass is 15.2. The van der Waals surface area contributed by atoms with E-state index in [1.54, 1.807) is 6.33 Å². The van der Waals surface area contributed by atoms with Gasteiger partial charge in [-0.05, 0) is 38.5 Å². The molecule has 1 aromatic carbocycles. The Morgan fingerprint density at radius 2 is 1.95 bits per heavy atom. The van der Waals surface area contributed by atoms with Gasteiger partial charge in [-0.3, -0.25) is 0 Å². The molecule has 4 heteroatoms. The fourth-order valence-electron chi connectivity index (χ4n) is 1.87. The van der Waals surface area contributed by atoms with Gasteiger partial charge in [-0.15, -0.1) is 0 Å². The van der Waals surface area contributed by atoms with E-state index in [4.69, 9.17) is 0 Å². The third-order valence-electron chi connectivity index (χ3n) is 2.82. The van der Waals surface area contributed by atoms with Crippen molar-refractivity contribution in [2.24, 2.45) is 0 Å². The van der Waals surface area contributed by atoms with E-state index < -0.39 is 0 Å². The van der Waals surface area contributed by atoms with E-state index in [0.717, 1.165) is 17.3 Å². The molecule has 0 aliphatic heterocycles. The van der Waals surface area contributed by atoms with Crippen molar-refractivity contribution in [1.82, 2.24) is 9.97 Å². The number of aromatic nitrogens is 2. The highest BCUT2D eigenvalue weighted by Gasteiger charge is 2.07. The van der Waals surface area contributed by atoms with Gasteiger partial charge in [-0.25, -0.2) is 9.97 Å². The molecule has 0 fully saturated rings. The Labute approximate surface area is 114 Å². The first-order valence-corrected chi connectivity index (χ1v) is 6.45. The maximum absolute atomic E-state index is 4.33. The summed E-state index contributed by atoms with van der Waals surface area (Å²) >= 11 is 0. The lowest BCUT2D eigenvalue weighted by molar-refractivity contribution is 0.885. The van der Waals surface area contributed by atoms with Gasteiger partial charge in [-0.2, -0.15) is 0 Å². The summed E-state index contributed by atoms with van der Waals surface area (Å²) in [5, 5.41) is 3.29. The second kappa shape index (κ2) is 5.69. The summed E-state index contributed by atoms with van der Waals surface area (Å²) in [7, 11) is 2.01. The van der Waals surface area contributed by atoms with Crippen LogP contribution in [0.25, 0.3) is 0 Å². The highest BCUT2D eigenvalue weighted by Crippen LogP contribution is 2.23. The molecule has 0 aliphatic rings. The van der Waals surface area contributed by atoms with Gasteiger partial charge in [0.15, 0.2) is 0 Å². The van der Waals surface area contributed by atoms with Crippen LogP contribution in [-0.4, -0.2) is 23.1 Å². The van der Waals surface area contributed by atoms with Crippen molar-refractivity contribution < 1.29 is 0 Å². The minimum atomic E-state index is 0.354. The first-order valence-electron chi connectivity index (χ1n) is 6.45. The molecule has 0 aliphatic carbocycles. The Kier molecular flexibility index (Phi) is 4.00. The number of benzene rings is 1. The molecule has 0 bridgehead atoms. The van der Waals surface area contributed by atoms with Crippen molar-refractivity contribution in [3.8, 4) is 0 Å². The van der Waals surface area contributed by atoms with Crippen LogP contribution in [0, 0.1) is 6.92 Å². The van der Waals surface area contributed by atoms with E-state index >= 15 is 0 Å². The molecule has 19 heavy (non-hydrogen) atoms. The fourth-order valence-corrected chi connectivity index (χ4v) is 1.87. The quantitative estimate of drug-likeness (QED) is 0.910. The van der Waals surface area contributed by atoms with Crippen molar-refractivity contribution in [1.29, 1.82) is 0 Å². The summed E-state index contributed by atoms with van der Waals surface area (Å²) in [5.74, 6) is 1.73. The second-order valence-electron chi connectivity index (χ2n) is 4.96. The minimum absolute atomic E-state index is 0.354. The molecular weight excluding hydrogens is 236 g/mol. The van der Waals surface area contributed by atoms with E-state index in [2.05, 4.69) is 65.2 Å². The number of aryl methyl sites for hydroxylation is 1. The Morgan fingerprint density at radius 3 is 2.63 bits per heavy atom.